The molecule has 0 amide bonds. The Morgan fingerprint density at radius 2 is 2.26 bits per heavy atom. The number of nitro groups is 1. The number of hydrogen-bond donors (Lipinski definition) is 1. The minimum Gasteiger partial charge on any atom is -0.496 e. The summed E-state index contributed by atoms with van der Waals surface area (Å²) in [4.78, 5) is 12.7. The van der Waals surface area contributed by atoms with Crippen LogP contribution >= 0.6 is 0 Å². The predicted octanol–water partition coefficient (Wildman–Crippen LogP) is 1.78. The first kappa shape index (κ1) is 13.6. The van der Waals surface area contributed by atoms with Gasteiger partial charge >= 0.3 is 0 Å². The van der Waals surface area contributed by atoms with E-state index < -0.39 is 4.92 Å². The van der Waals surface area contributed by atoms with Crippen molar-refractivity contribution in [1.82, 2.24) is 0 Å². The van der Waals surface area contributed by atoms with E-state index in [-0.39, 0.29) is 5.69 Å². The zero-order chi connectivity index (χ0) is 14.0. The Kier molecular flexibility index (Phi) is 3.90. The topological polar surface area (TPSA) is 81.6 Å². The molecule has 1 aliphatic rings. The number of nitrogens with zero attached hydrogens (tertiary/aromatic N) is 2. The number of nitrogens with two attached hydrogens (primary N) is 1. The number of anilines is 1. The number of non-ortho nitro benzene ring substituents is 1. The summed E-state index contributed by atoms with van der Waals surface area (Å²) in [7, 11) is 1.51. The molecule has 1 aliphatic heterocycles. The highest BCUT2D eigenvalue weighted by Crippen LogP contribution is 2.34. The van der Waals surface area contributed by atoms with Gasteiger partial charge in [0.15, 0.2) is 0 Å². The lowest BCUT2D eigenvalue weighted by Crippen LogP contribution is -2.27. The first-order chi connectivity index (χ1) is 9.05. The third-order valence-electron chi connectivity index (χ3n) is 3.65. The largest absolute Gasteiger partial charge is 0.496 e. The van der Waals surface area contributed by atoms with Crippen LogP contribution in [0.1, 0.15) is 13.3 Å². The molecule has 0 radical (unpaired) electrons. The molecule has 6 nitrogen and oxygen atoms in total. The number of rotatable bonds is 4. The molecule has 1 fully saturated rings. The van der Waals surface area contributed by atoms with E-state index in [0.29, 0.717) is 24.3 Å². The molecule has 1 aromatic rings. The number of ether oxygens (including phenoxy) is 1. The maximum Gasteiger partial charge on any atom is 0.275 e. The molecular weight excluding hydrogens is 246 g/mol. The van der Waals surface area contributed by atoms with Gasteiger partial charge in [0.2, 0.25) is 0 Å². The molecule has 19 heavy (non-hydrogen) atoms. The van der Waals surface area contributed by atoms with Crippen molar-refractivity contribution >= 4 is 11.4 Å². The first-order valence-electron chi connectivity index (χ1n) is 6.35. The van der Waals surface area contributed by atoms with Crippen molar-refractivity contribution in [2.45, 2.75) is 19.4 Å². The van der Waals surface area contributed by atoms with Crippen LogP contribution in [0.2, 0.25) is 0 Å². The fraction of sp³-hybridized carbons (Fsp3) is 0.538. The lowest BCUT2D eigenvalue weighted by atomic mass is 10.1. The van der Waals surface area contributed by atoms with E-state index in [9.17, 15) is 10.1 Å². The monoisotopic (exact) mass is 265 g/mol. The van der Waals surface area contributed by atoms with Gasteiger partial charge in [-0.1, -0.05) is 0 Å². The highest BCUT2D eigenvalue weighted by molar-refractivity contribution is 5.59. The molecule has 0 saturated carbocycles. The lowest BCUT2D eigenvalue weighted by Gasteiger charge is -2.24. The van der Waals surface area contributed by atoms with Crippen LogP contribution in [0.15, 0.2) is 18.2 Å². The van der Waals surface area contributed by atoms with Gasteiger partial charge in [-0.25, -0.2) is 0 Å². The Labute approximate surface area is 112 Å². The third-order valence-corrected chi connectivity index (χ3v) is 3.65. The Bertz CT molecular complexity index is 478. The van der Waals surface area contributed by atoms with Gasteiger partial charge < -0.3 is 15.4 Å². The first-order valence-corrected chi connectivity index (χ1v) is 6.35. The molecule has 2 unspecified atom stereocenters. The number of hydrogen-bond acceptors (Lipinski definition) is 5. The third kappa shape index (κ3) is 2.78. The maximum absolute atomic E-state index is 10.9. The summed E-state index contributed by atoms with van der Waals surface area (Å²) in [6.07, 6.45) is 1.02. The van der Waals surface area contributed by atoms with E-state index in [1.165, 1.54) is 13.2 Å². The van der Waals surface area contributed by atoms with Crippen LogP contribution in [0.25, 0.3) is 0 Å². The molecule has 6 heteroatoms. The van der Waals surface area contributed by atoms with E-state index >= 15 is 0 Å². The van der Waals surface area contributed by atoms with Crippen molar-refractivity contribution in [1.29, 1.82) is 0 Å². The highest BCUT2D eigenvalue weighted by atomic mass is 16.6. The van der Waals surface area contributed by atoms with Gasteiger partial charge in [0, 0.05) is 30.4 Å². The van der Waals surface area contributed by atoms with Gasteiger partial charge in [-0.15, -0.1) is 0 Å². The highest BCUT2D eigenvalue weighted by Gasteiger charge is 2.29. The molecule has 0 spiro atoms. The summed E-state index contributed by atoms with van der Waals surface area (Å²) in [6, 6.07) is 5.20. The number of nitro benzene ring substituents is 1. The van der Waals surface area contributed by atoms with Crippen molar-refractivity contribution in [2.24, 2.45) is 11.7 Å². The molecular formula is C13H19N3O3. The molecule has 0 aromatic heterocycles. The smallest absolute Gasteiger partial charge is 0.275 e. The molecule has 0 bridgehead atoms. The minimum absolute atomic E-state index is 0.0535. The van der Waals surface area contributed by atoms with E-state index in [2.05, 4.69) is 11.8 Å². The molecule has 2 rings (SSSR count). The van der Waals surface area contributed by atoms with Crippen LogP contribution < -0.4 is 15.4 Å². The van der Waals surface area contributed by atoms with Crippen LogP contribution in [0.5, 0.6) is 5.75 Å². The average molecular weight is 265 g/mol. The van der Waals surface area contributed by atoms with Crippen molar-refractivity contribution < 1.29 is 9.66 Å². The second kappa shape index (κ2) is 5.44. The quantitative estimate of drug-likeness (QED) is 0.663. The molecule has 2 atom stereocenters. The zero-order valence-electron chi connectivity index (χ0n) is 11.2. The second-order valence-electron chi connectivity index (χ2n) is 4.99. The lowest BCUT2D eigenvalue weighted by molar-refractivity contribution is -0.384. The minimum atomic E-state index is -0.396. The molecule has 0 aliphatic carbocycles. The molecule has 1 heterocycles. The summed E-state index contributed by atoms with van der Waals surface area (Å²) >= 11 is 0. The van der Waals surface area contributed by atoms with Gasteiger partial charge in [-0.05, 0) is 25.8 Å². The van der Waals surface area contributed by atoms with E-state index in [1.807, 2.05) is 6.07 Å². The van der Waals surface area contributed by atoms with Crippen LogP contribution in [0.4, 0.5) is 11.4 Å². The van der Waals surface area contributed by atoms with Gasteiger partial charge in [0.05, 0.1) is 18.1 Å². The van der Waals surface area contributed by atoms with Gasteiger partial charge in [0.1, 0.15) is 5.75 Å². The van der Waals surface area contributed by atoms with E-state index in [4.69, 9.17) is 10.5 Å². The Morgan fingerprint density at radius 1 is 1.53 bits per heavy atom. The molecule has 2 N–H and O–H groups in total. The van der Waals surface area contributed by atoms with E-state index in [0.717, 1.165) is 18.7 Å². The fourth-order valence-electron chi connectivity index (χ4n) is 2.63. The average Bonchev–Trinajstić information content (AvgIpc) is 2.79. The number of benzene rings is 1. The van der Waals surface area contributed by atoms with Crippen LogP contribution in [-0.4, -0.2) is 31.2 Å². The molecule has 104 valence electrons. The van der Waals surface area contributed by atoms with Crippen LogP contribution in [0, 0.1) is 16.0 Å². The molecule has 1 aromatic carbocycles. The normalized spacial score (nSPS) is 22.6. The molecule has 1 saturated heterocycles. The summed E-state index contributed by atoms with van der Waals surface area (Å²) < 4.78 is 5.14. The van der Waals surface area contributed by atoms with Crippen molar-refractivity contribution in [3.63, 3.8) is 0 Å². The van der Waals surface area contributed by atoms with Gasteiger partial charge in [-0.3, -0.25) is 10.1 Å². The Balaban J connectivity index is 2.33. The second-order valence-corrected chi connectivity index (χ2v) is 4.99. The SMILES string of the molecule is COc1cc(N2CC(CN)CC2C)cc([N+](=O)[O-])c1. The van der Waals surface area contributed by atoms with Crippen LogP contribution in [-0.2, 0) is 0 Å². The Morgan fingerprint density at radius 3 is 2.79 bits per heavy atom. The van der Waals surface area contributed by atoms with Gasteiger partial charge in [0.25, 0.3) is 5.69 Å². The number of methoxy groups -OCH3 is 1. The predicted molar refractivity (Wildman–Crippen MR) is 73.6 cm³/mol. The maximum atomic E-state index is 10.9. The summed E-state index contributed by atoms with van der Waals surface area (Å²) in [6.45, 7) is 3.59. The Hall–Kier alpha value is -1.82. The standard InChI is InChI=1S/C13H19N3O3/c1-9-3-10(7-14)8-15(9)11-4-12(16(17)18)6-13(5-11)19-2/h4-6,9-10H,3,7-8,14H2,1-2H3. The van der Waals surface area contributed by atoms with Crippen molar-refractivity contribution in [2.75, 3.05) is 25.1 Å². The summed E-state index contributed by atoms with van der Waals surface area (Å²) in [5.74, 6) is 0.952. The summed E-state index contributed by atoms with van der Waals surface area (Å²) in [5.41, 5.74) is 6.59. The van der Waals surface area contributed by atoms with Crippen molar-refractivity contribution in [3.05, 3.63) is 28.3 Å². The fourth-order valence-corrected chi connectivity index (χ4v) is 2.63. The van der Waals surface area contributed by atoms with Crippen molar-refractivity contribution in [3.8, 4) is 5.75 Å². The van der Waals surface area contributed by atoms with E-state index in [1.54, 1.807) is 6.07 Å². The van der Waals surface area contributed by atoms with Crippen LogP contribution in [0.3, 0.4) is 0 Å². The zero-order valence-corrected chi connectivity index (χ0v) is 11.2. The summed E-state index contributed by atoms with van der Waals surface area (Å²) in [5, 5.41) is 10.9. The van der Waals surface area contributed by atoms with Gasteiger partial charge in [-0.2, -0.15) is 0 Å².